The molecule has 0 N–H and O–H groups in total. The molecule has 1 aromatic carbocycles. The Morgan fingerprint density at radius 1 is 1.56 bits per heavy atom. The molecule has 6 heteroatoms. The molecule has 0 atom stereocenters. The minimum atomic E-state index is -0.525. The second-order valence-electron chi connectivity index (χ2n) is 3.21. The van der Waals surface area contributed by atoms with Crippen LogP contribution < -0.4 is 0 Å². The summed E-state index contributed by atoms with van der Waals surface area (Å²) < 4.78 is 15.0. The third kappa shape index (κ3) is 1.74. The van der Waals surface area contributed by atoms with Crippen molar-refractivity contribution < 1.29 is 4.39 Å². The molecule has 0 unspecified atom stereocenters. The van der Waals surface area contributed by atoms with Crippen LogP contribution in [-0.2, 0) is 6.54 Å². The van der Waals surface area contributed by atoms with Gasteiger partial charge in [-0.05, 0) is 18.4 Å². The summed E-state index contributed by atoms with van der Waals surface area (Å²) in [5.41, 5.74) is 1.05. The quantitative estimate of drug-likeness (QED) is 0.815. The highest BCUT2D eigenvalue weighted by atomic mass is 32.2. The first-order valence-corrected chi connectivity index (χ1v) is 6.08. The molecule has 2 rings (SSSR count). The Labute approximate surface area is 96.0 Å². The molecule has 16 heavy (non-hydrogen) atoms. The molecule has 0 fully saturated rings. The van der Waals surface area contributed by atoms with Gasteiger partial charge in [0.05, 0.1) is 6.54 Å². The van der Waals surface area contributed by atoms with Gasteiger partial charge in [0.15, 0.2) is 0 Å². The number of halogens is 1. The van der Waals surface area contributed by atoms with Crippen molar-refractivity contribution in [1.29, 1.82) is 5.26 Å². The van der Waals surface area contributed by atoms with Gasteiger partial charge in [-0.1, -0.05) is 5.21 Å². The predicted octanol–water partition coefficient (Wildman–Crippen LogP) is 1.81. The van der Waals surface area contributed by atoms with Crippen molar-refractivity contribution in [2.75, 3.05) is 12.0 Å². The molecule has 2 aromatic rings. The first-order chi connectivity index (χ1) is 7.77. The molecule has 1 aromatic heterocycles. The molecule has 0 aliphatic heterocycles. The molecule has 0 amide bonds. The highest BCUT2D eigenvalue weighted by Crippen LogP contribution is 2.19. The van der Waals surface area contributed by atoms with Crippen LogP contribution in [0.3, 0.4) is 0 Å². The maximum atomic E-state index is 13.4. The van der Waals surface area contributed by atoms with E-state index in [9.17, 15) is 4.39 Å². The van der Waals surface area contributed by atoms with Crippen LogP contribution in [0.1, 0.15) is 5.56 Å². The van der Waals surface area contributed by atoms with Gasteiger partial charge in [0.25, 0.3) is 0 Å². The Kier molecular flexibility index (Phi) is 3.06. The summed E-state index contributed by atoms with van der Waals surface area (Å²) in [6.07, 6.45) is 1.98. The fraction of sp³-hybridized carbons (Fsp3) is 0.300. The van der Waals surface area contributed by atoms with E-state index in [0.29, 0.717) is 17.6 Å². The standard InChI is InChI=1S/C10H9FN4S/c1-16-5-4-15-10-7(6-12)8(11)2-3-9(10)13-14-15/h2-3H,4-5H2,1H3. The molecule has 1 heterocycles. The number of rotatable bonds is 3. The Balaban J connectivity index is 2.60. The van der Waals surface area contributed by atoms with Crippen molar-refractivity contribution >= 4 is 22.8 Å². The van der Waals surface area contributed by atoms with Crippen LogP contribution in [0, 0.1) is 17.1 Å². The second-order valence-corrected chi connectivity index (χ2v) is 4.19. The zero-order chi connectivity index (χ0) is 11.5. The number of benzene rings is 1. The van der Waals surface area contributed by atoms with Gasteiger partial charge < -0.3 is 0 Å². The summed E-state index contributed by atoms with van der Waals surface area (Å²) in [4.78, 5) is 0. The molecule has 82 valence electrons. The van der Waals surface area contributed by atoms with Gasteiger partial charge in [0.2, 0.25) is 0 Å². The summed E-state index contributed by atoms with van der Waals surface area (Å²) in [5.74, 6) is 0.322. The normalized spacial score (nSPS) is 10.6. The number of aromatic nitrogens is 3. The van der Waals surface area contributed by atoms with E-state index < -0.39 is 5.82 Å². The molecule has 4 nitrogen and oxygen atoms in total. The first-order valence-electron chi connectivity index (χ1n) is 4.68. The fourth-order valence-corrected chi connectivity index (χ4v) is 1.84. The molecule has 0 saturated heterocycles. The lowest BCUT2D eigenvalue weighted by molar-refractivity contribution is 0.619. The van der Waals surface area contributed by atoms with Gasteiger partial charge in [0, 0.05) is 5.75 Å². The molecule has 0 aliphatic carbocycles. The number of fused-ring (bicyclic) bond motifs is 1. The van der Waals surface area contributed by atoms with E-state index in [4.69, 9.17) is 5.26 Å². The fourth-order valence-electron chi connectivity index (χ4n) is 1.49. The lowest BCUT2D eigenvalue weighted by Gasteiger charge is -2.01. The van der Waals surface area contributed by atoms with Crippen molar-refractivity contribution in [2.24, 2.45) is 0 Å². The zero-order valence-electron chi connectivity index (χ0n) is 8.64. The highest BCUT2D eigenvalue weighted by molar-refractivity contribution is 7.98. The summed E-state index contributed by atoms with van der Waals surface area (Å²) >= 11 is 1.66. The summed E-state index contributed by atoms with van der Waals surface area (Å²) in [5, 5.41) is 16.7. The van der Waals surface area contributed by atoms with Crippen molar-refractivity contribution in [2.45, 2.75) is 6.54 Å². The lowest BCUT2D eigenvalue weighted by Crippen LogP contribution is -2.04. The number of hydrogen-bond donors (Lipinski definition) is 0. The largest absolute Gasteiger partial charge is 0.242 e. The van der Waals surface area contributed by atoms with E-state index in [1.165, 1.54) is 12.1 Å². The predicted molar refractivity (Wildman–Crippen MR) is 60.6 cm³/mol. The van der Waals surface area contributed by atoms with Crippen LogP contribution in [-0.4, -0.2) is 27.0 Å². The van der Waals surface area contributed by atoms with Crippen LogP contribution in [0.15, 0.2) is 12.1 Å². The SMILES string of the molecule is CSCCn1nnc2ccc(F)c(C#N)c21. The summed E-state index contributed by atoms with van der Waals surface area (Å²) in [6.45, 7) is 0.621. The van der Waals surface area contributed by atoms with E-state index >= 15 is 0 Å². The third-order valence-electron chi connectivity index (χ3n) is 2.24. The van der Waals surface area contributed by atoms with Gasteiger partial charge in [0.1, 0.15) is 28.5 Å². The van der Waals surface area contributed by atoms with Crippen LogP contribution >= 0.6 is 11.8 Å². The van der Waals surface area contributed by atoms with Gasteiger partial charge in [-0.25, -0.2) is 9.07 Å². The Hall–Kier alpha value is -1.61. The van der Waals surface area contributed by atoms with Crippen LogP contribution in [0.2, 0.25) is 0 Å². The molecule has 0 bridgehead atoms. The van der Waals surface area contributed by atoms with Gasteiger partial charge in [-0.15, -0.1) is 5.10 Å². The van der Waals surface area contributed by atoms with E-state index in [0.717, 1.165) is 5.75 Å². The van der Waals surface area contributed by atoms with Crippen molar-refractivity contribution in [3.63, 3.8) is 0 Å². The Morgan fingerprint density at radius 2 is 2.38 bits per heavy atom. The molecule has 0 saturated carbocycles. The topological polar surface area (TPSA) is 54.5 Å². The molecule has 0 aliphatic rings. The summed E-state index contributed by atoms with van der Waals surface area (Å²) in [6, 6.07) is 4.64. The second kappa shape index (κ2) is 4.49. The van der Waals surface area contributed by atoms with Crippen LogP contribution in [0.5, 0.6) is 0 Å². The van der Waals surface area contributed by atoms with Gasteiger partial charge in [-0.3, -0.25) is 0 Å². The van der Waals surface area contributed by atoms with Crippen LogP contribution in [0.4, 0.5) is 4.39 Å². The van der Waals surface area contributed by atoms with E-state index in [-0.39, 0.29) is 5.56 Å². The Morgan fingerprint density at radius 3 is 3.06 bits per heavy atom. The molecule has 0 spiro atoms. The first kappa shape index (κ1) is 10.9. The van der Waals surface area contributed by atoms with Crippen molar-refractivity contribution in [3.05, 3.63) is 23.5 Å². The van der Waals surface area contributed by atoms with Gasteiger partial charge >= 0.3 is 0 Å². The average molecular weight is 236 g/mol. The van der Waals surface area contributed by atoms with Gasteiger partial charge in [-0.2, -0.15) is 17.0 Å². The van der Waals surface area contributed by atoms with E-state index in [2.05, 4.69) is 10.3 Å². The number of thioether (sulfide) groups is 1. The number of nitriles is 1. The maximum Gasteiger partial charge on any atom is 0.143 e. The number of aryl methyl sites for hydroxylation is 1. The van der Waals surface area contributed by atoms with Crippen molar-refractivity contribution in [3.8, 4) is 6.07 Å². The molecular weight excluding hydrogens is 227 g/mol. The van der Waals surface area contributed by atoms with E-state index in [1.54, 1.807) is 16.4 Å². The summed E-state index contributed by atoms with van der Waals surface area (Å²) in [7, 11) is 0. The Bertz CT molecular complexity index is 558. The van der Waals surface area contributed by atoms with Crippen molar-refractivity contribution in [1.82, 2.24) is 15.0 Å². The lowest BCUT2D eigenvalue weighted by atomic mass is 10.2. The monoisotopic (exact) mass is 236 g/mol. The smallest absolute Gasteiger partial charge is 0.143 e. The minimum absolute atomic E-state index is 0.0172. The highest BCUT2D eigenvalue weighted by Gasteiger charge is 2.13. The van der Waals surface area contributed by atoms with Crippen LogP contribution in [0.25, 0.3) is 11.0 Å². The minimum Gasteiger partial charge on any atom is -0.242 e. The third-order valence-corrected chi connectivity index (χ3v) is 2.83. The molecular formula is C10H9FN4S. The maximum absolute atomic E-state index is 13.4. The molecule has 0 radical (unpaired) electrons. The number of nitrogens with zero attached hydrogens (tertiary/aromatic N) is 4. The zero-order valence-corrected chi connectivity index (χ0v) is 9.46. The average Bonchev–Trinajstić information content (AvgIpc) is 2.70. The number of hydrogen-bond acceptors (Lipinski definition) is 4. The van der Waals surface area contributed by atoms with E-state index in [1.807, 2.05) is 12.3 Å².